The van der Waals surface area contributed by atoms with Crippen LogP contribution in [-0.2, 0) is 10.8 Å². The highest BCUT2D eigenvalue weighted by Crippen LogP contribution is 2.53. The summed E-state index contributed by atoms with van der Waals surface area (Å²) < 4.78 is 0. The van der Waals surface area contributed by atoms with Crippen LogP contribution in [0.5, 0.6) is 0 Å². The van der Waals surface area contributed by atoms with Gasteiger partial charge in [0.15, 0.2) is 0 Å². The van der Waals surface area contributed by atoms with Crippen molar-refractivity contribution in [2.75, 3.05) is 4.90 Å². The van der Waals surface area contributed by atoms with Crippen molar-refractivity contribution in [1.82, 2.24) is 0 Å². The average molecular weight is 604 g/mol. The zero-order valence-electron chi connectivity index (χ0n) is 27.4. The monoisotopic (exact) mass is 603 g/mol. The lowest BCUT2D eigenvalue weighted by atomic mass is 9.82. The molecule has 7 aromatic carbocycles. The van der Waals surface area contributed by atoms with Crippen LogP contribution in [0, 0.1) is 0 Å². The fourth-order valence-corrected chi connectivity index (χ4v) is 8.36. The lowest BCUT2D eigenvalue weighted by Crippen LogP contribution is -2.18. The van der Waals surface area contributed by atoms with Gasteiger partial charge >= 0.3 is 0 Å². The number of hydrogen-bond acceptors (Lipinski definition) is 1. The maximum absolute atomic E-state index is 2.49. The molecule has 0 saturated carbocycles. The quantitative estimate of drug-likeness (QED) is 0.193. The van der Waals surface area contributed by atoms with E-state index in [2.05, 4.69) is 184 Å². The smallest absolute Gasteiger partial charge is 0.0540 e. The van der Waals surface area contributed by atoms with Gasteiger partial charge < -0.3 is 4.90 Å². The molecule has 0 unspecified atom stereocenters. The first-order chi connectivity index (χ1) is 22.8. The molecule has 0 aromatic heterocycles. The number of fused-ring (bicyclic) bond motifs is 7. The number of rotatable bonds is 4. The molecule has 7 aromatic rings. The third-order valence-corrected chi connectivity index (χ3v) is 10.9. The van der Waals surface area contributed by atoms with Crippen molar-refractivity contribution >= 4 is 27.8 Å². The first-order valence-electron chi connectivity index (χ1n) is 16.7. The number of para-hydroxylation sites is 1. The Morgan fingerprint density at radius 3 is 1.43 bits per heavy atom. The Balaban J connectivity index is 1.28. The van der Waals surface area contributed by atoms with Crippen LogP contribution in [-0.4, -0.2) is 0 Å². The molecule has 0 atom stereocenters. The number of benzene rings is 7. The Hall–Kier alpha value is -5.40. The van der Waals surface area contributed by atoms with Crippen LogP contribution in [0.15, 0.2) is 152 Å². The first-order valence-corrected chi connectivity index (χ1v) is 16.7. The minimum Gasteiger partial charge on any atom is -0.310 e. The first kappa shape index (κ1) is 27.9. The largest absolute Gasteiger partial charge is 0.310 e. The summed E-state index contributed by atoms with van der Waals surface area (Å²) in [6.45, 7) is 9.46. The molecular formula is C46H37N. The van der Waals surface area contributed by atoms with E-state index < -0.39 is 0 Å². The Morgan fingerprint density at radius 1 is 0.362 bits per heavy atom. The highest BCUT2D eigenvalue weighted by Gasteiger charge is 2.37. The van der Waals surface area contributed by atoms with E-state index in [4.69, 9.17) is 0 Å². The number of nitrogens with zero attached hydrogens (tertiary/aromatic N) is 1. The normalized spacial score (nSPS) is 14.7. The maximum atomic E-state index is 2.49. The summed E-state index contributed by atoms with van der Waals surface area (Å²) in [5, 5.41) is 2.51. The van der Waals surface area contributed by atoms with Gasteiger partial charge in [-0.15, -0.1) is 0 Å². The van der Waals surface area contributed by atoms with E-state index in [-0.39, 0.29) is 10.8 Å². The van der Waals surface area contributed by atoms with Crippen LogP contribution >= 0.6 is 0 Å². The molecule has 0 N–H and O–H groups in total. The molecule has 2 aliphatic carbocycles. The third kappa shape index (κ3) is 4.09. The van der Waals surface area contributed by atoms with Crippen LogP contribution in [0.4, 0.5) is 17.1 Å². The Kier molecular flexibility index (Phi) is 5.96. The van der Waals surface area contributed by atoms with Gasteiger partial charge in [0.05, 0.1) is 5.69 Å². The van der Waals surface area contributed by atoms with Crippen molar-refractivity contribution in [3.05, 3.63) is 174 Å². The molecule has 9 rings (SSSR count). The molecule has 0 radical (unpaired) electrons. The topological polar surface area (TPSA) is 3.24 Å². The zero-order chi connectivity index (χ0) is 31.9. The van der Waals surface area contributed by atoms with Gasteiger partial charge in [-0.05, 0) is 97.2 Å². The second kappa shape index (κ2) is 10.0. The Bertz CT molecular complexity index is 2270. The van der Waals surface area contributed by atoms with Crippen LogP contribution in [0.2, 0.25) is 0 Å². The molecular weight excluding hydrogens is 567 g/mol. The molecule has 2 aliphatic rings. The molecule has 0 bridgehead atoms. The highest BCUT2D eigenvalue weighted by molar-refractivity contribution is 5.95. The van der Waals surface area contributed by atoms with E-state index in [1.54, 1.807) is 0 Å². The van der Waals surface area contributed by atoms with Crippen molar-refractivity contribution in [1.29, 1.82) is 0 Å². The fourth-order valence-electron chi connectivity index (χ4n) is 8.36. The van der Waals surface area contributed by atoms with Gasteiger partial charge in [-0.2, -0.15) is 0 Å². The molecule has 0 aliphatic heterocycles. The second-order valence-corrected chi connectivity index (χ2v) is 14.2. The van der Waals surface area contributed by atoms with Gasteiger partial charge in [-0.3, -0.25) is 0 Å². The van der Waals surface area contributed by atoms with Gasteiger partial charge in [-0.25, -0.2) is 0 Å². The zero-order valence-corrected chi connectivity index (χ0v) is 27.4. The van der Waals surface area contributed by atoms with E-state index in [1.165, 1.54) is 83.5 Å². The van der Waals surface area contributed by atoms with Crippen LogP contribution < -0.4 is 4.90 Å². The average Bonchev–Trinajstić information content (AvgIpc) is 3.48. The second-order valence-electron chi connectivity index (χ2n) is 14.2. The number of hydrogen-bond donors (Lipinski definition) is 0. The number of anilines is 3. The third-order valence-electron chi connectivity index (χ3n) is 10.9. The molecule has 47 heavy (non-hydrogen) atoms. The van der Waals surface area contributed by atoms with Gasteiger partial charge in [-0.1, -0.05) is 143 Å². The summed E-state index contributed by atoms with van der Waals surface area (Å²) in [6, 6.07) is 56.4. The molecule has 0 amide bonds. The summed E-state index contributed by atoms with van der Waals surface area (Å²) in [7, 11) is 0. The van der Waals surface area contributed by atoms with Crippen molar-refractivity contribution in [3.63, 3.8) is 0 Å². The van der Waals surface area contributed by atoms with E-state index in [9.17, 15) is 0 Å². The van der Waals surface area contributed by atoms with Crippen LogP contribution in [0.25, 0.3) is 44.2 Å². The van der Waals surface area contributed by atoms with Gasteiger partial charge in [0, 0.05) is 27.8 Å². The lowest BCUT2D eigenvalue weighted by molar-refractivity contribution is 0.660. The molecule has 1 heteroatoms. The SMILES string of the molecule is CC1(C)c2ccccc2-c2ccc(N(c3ccc4c(c3)C(C)(C)c3ccccc3-4)c3ccccc3-c3ccc4ccccc4c3)cc21. The lowest BCUT2D eigenvalue weighted by Gasteiger charge is -2.31. The highest BCUT2D eigenvalue weighted by atomic mass is 15.1. The predicted molar refractivity (Wildman–Crippen MR) is 199 cm³/mol. The molecule has 226 valence electrons. The summed E-state index contributed by atoms with van der Waals surface area (Å²) in [5.41, 5.74) is 16.7. The molecule has 0 heterocycles. The van der Waals surface area contributed by atoms with Crippen molar-refractivity contribution in [3.8, 4) is 33.4 Å². The van der Waals surface area contributed by atoms with Crippen molar-refractivity contribution in [2.24, 2.45) is 0 Å². The van der Waals surface area contributed by atoms with E-state index in [0.29, 0.717) is 0 Å². The standard InChI is InChI=1S/C46H37N/c1-45(2)40-18-10-7-16-36(40)38-25-23-33(28-42(38)45)47(34-24-26-39-37-17-8-11-19-41(37)46(3,4)43(39)29-34)44-20-12-9-15-35(44)32-22-21-30-13-5-6-14-31(30)27-32/h5-29H,1-4H3. The van der Waals surface area contributed by atoms with Crippen LogP contribution in [0.1, 0.15) is 49.9 Å². The van der Waals surface area contributed by atoms with Crippen molar-refractivity contribution < 1.29 is 0 Å². The van der Waals surface area contributed by atoms with Crippen LogP contribution in [0.3, 0.4) is 0 Å². The van der Waals surface area contributed by atoms with Gasteiger partial charge in [0.2, 0.25) is 0 Å². The summed E-state index contributed by atoms with van der Waals surface area (Å²) in [4.78, 5) is 2.49. The van der Waals surface area contributed by atoms with E-state index in [0.717, 1.165) is 0 Å². The Labute approximate surface area is 277 Å². The van der Waals surface area contributed by atoms with Crippen molar-refractivity contribution in [2.45, 2.75) is 38.5 Å². The summed E-state index contributed by atoms with van der Waals surface area (Å²) >= 11 is 0. The van der Waals surface area contributed by atoms with E-state index >= 15 is 0 Å². The minimum absolute atomic E-state index is 0.0902. The van der Waals surface area contributed by atoms with E-state index in [1.807, 2.05) is 0 Å². The molecule has 1 nitrogen and oxygen atoms in total. The summed E-state index contributed by atoms with van der Waals surface area (Å²) in [5.74, 6) is 0. The van der Waals surface area contributed by atoms with Gasteiger partial charge in [0.25, 0.3) is 0 Å². The summed E-state index contributed by atoms with van der Waals surface area (Å²) in [6.07, 6.45) is 0. The maximum Gasteiger partial charge on any atom is 0.0540 e. The Morgan fingerprint density at radius 2 is 0.830 bits per heavy atom. The minimum atomic E-state index is -0.0902. The molecule has 0 spiro atoms. The molecule has 0 fully saturated rings. The van der Waals surface area contributed by atoms with Gasteiger partial charge in [0.1, 0.15) is 0 Å². The molecule has 0 saturated heterocycles. The fraction of sp³-hybridized carbons (Fsp3) is 0.130. The predicted octanol–water partition coefficient (Wildman–Crippen LogP) is 12.6.